The lowest BCUT2D eigenvalue weighted by molar-refractivity contribution is 1.18. The van der Waals surface area contributed by atoms with Gasteiger partial charge in [-0.3, -0.25) is 4.79 Å². The minimum atomic E-state index is -0.163. The van der Waals surface area contributed by atoms with Crippen molar-refractivity contribution in [3.8, 4) is 34.7 Å². The van der Waals surface area contributed by atoms with E-state index >= 15 is 0 Å². The molecule has 0 fully saturated rings. The molecule has 0 aliphatic carbocycles. The van der Waals surface area contributed by atoms with Gasteiger partial charge in [0, 0.05) is 34.1 Å². The smallest absolute Gasteiger partial charge is 0.192 e. The minimum Gasteiger partial charge on any atom is -0.343 e. The maximum Gasteiger partial charge on any atom is 0.192 e. The molecule has 0 unspecified atom stereocenters. The molecule has 1 aromatic carbocycles. The number of rotatable bonds is 2. The number of fused-ring (bicyclic) bond motifs is 1. The molecule has 3 heterocycles. The van der Waals surface area contributed by atoms with E-state index < -0.39 is 0 Å². The summed E-state index contributed by atoms with van der Waals surface area (Å²) in [6.07, 6.45) is 5.90. The van der Waals surface area contributed by atoms with Gasteiger partial charge >= 0.3 is 0 Å². The van der Waals surface area contributed by atoms with E-state index in [9.17, 15) is 4.79 Å². The molecule has 0 radical (unpaired) electrons. The van der Waals surface area contributed by atoms with Crippen LogP contribution in [0.1, 0.15) is 17.0 Å². The molecule has 28 heavy (non-hydrogen) atoms. The largest absolute Gasteiger partial charge is 0.343 e. The first-order valence-electron chi connectivity index (χ1n) is 8.72. The minimum absolute atomic E-state index is 0.163. The Kier molecular flexibility index (Phi) is 4.46. The summed E-state index contributed by atoms with van der Waals surface area (Å²) in [6.45, 7) is 3.68. The molecule has 0 saturated carbocycles. The maximum atomic E-state index is 12.8. The molecular weight excluding hydrogens is 370 g/mol. The average Bonchev–Trinajstić information content (AvgIpc) is 2.66. The summed E-state index contributed by atoms with van der Waals surface area (Å²) in [5.74, 6) is 2.72. The van der Waals surface area contributed by atoms with Gasteiger partial charge in [-0.15, -0.1) is 6.42 Å². The SMILES string of the molecule is C#Cc1c(-c2cc(C)nc(Cl)c2)c(-c2ccccc2)nc2[nH]c(C)cc(=O)c12. The van der Waals surface area contributed by atoms with Crippen molar-refractivity contribution in [1.29, 1.82) is 0 Å². The molecular formula is C23H16ClN3O. The van der Waals surface area contributed by atoms with E-state index in [1.54, 1.807) is 6.07 Å². The fourth-order valence-electron chi connectivity index (χ4n) is 3.41. The number of aromatic nitrogens is 3. The van der Waals surface area contributed by atoms with Crippen molar-refractivity contribution >= 4 is 22.6 Å². The molecule has 0 aliphatic rings. The van der Waals surface area contributed by atoms with Gasteiger partial charge in [-0.25, -0.2) is 9.97 Å². The van der Waals surface area contributed by atoms with Crippen LogP contribution in [0.2, 0.25) is 5.15 Å². The van der Waals surface area contributed by atoms with Crippen molar-refractivity contribution in [2.45, 2.75) is 13.8 Å². The van der Waals surface area contributed by atoms with Crippen LogP contribution in [0.3, 0.4) is 0 Å². The van der Waals surface area contributed by atoms with Gasteiger partial charge in [-0.05, 0) is 31.5 Å². The van der Waals surface area contributed by atoms with Crippen LogP contribution in [0, 0.1) is 26.2 Å². The van der Waals surface area contributed by atoms with Crippen molar-refractivity contribution in [2.24, 2.45) is 0 Å². The van der Waals surface area contributed by atoms with Crippen LogP contribution in [0.15, 0.2) is 53.3 Å². The number of H-pyrrole nitrogens is 1. The Bertz CT molecular complexity index is 1300. The Morgan fingerprint density at radius 2 is 1.79 bits per heavy atom. The lowest BCUT2D eigenvalue weighted by Crippen LogP contribution is -2.09. The summed E-state index contributed by atoms with van der Waals surface area (Å²) in [5.41, 5.74) is 5.33. The van der Waals surface area contributed by atoms with Crippen LogP contribution < -0.4 is 5.43 Å². The van der Waals surface area contributed by atoms with Gasteiger partial charge in [0.2, 0.25) is 0 Å². The number of benzene rings is 1. The van der Waals surface area contributed by atoms with Crippen LogP contribution in [0.25, 0.3) is 33.4 Å². The zero-order chi connectivity index (χ0) is 19.8. The number of nitrogens with one attached hydrogen (secondary N) is 1. The number of nitrogens with zero attached hydrogens (tertiary/aromatic N) is 2. The van der Waals surface area contributed by atoms with Crippen molar-refractivity contribution in [3.63, 3.8) is 0 Å². The van der Waals surface area contributed by atoms with Gasteiger partial charge in [0.05, 0.1) is 11.1 Å². The predicted molar refractivity (Wildman–Crippen MR) is 113 cm³/mol. The Hall–Kier alpha value is -3.42. The monoisotopic (exact) mass is 385 g/mol. The molecule has 4 nitrogen and oxygen atoms in total. The second-order valence-corrected chi connectivity index (χ2v) is 6.97. The first kappa shape index (κ1) is 18.0. The zero-order valence-corrected chi connectivity index (χ0v) is 16.1. The van der Waals surface area contributed by atoms with E-state index in [4.69, 9.17) is 23.0 Å². The highest BCUT2D eigenvalue weighted by Crippen LogP contribution is 2.37. The molecule has 0 amide bonds. The van der Waals surface area contributed by atoms with Gasteiger partial charge < -0.3 is 4.98 Å². The van der Waals surface area contributed by atoms with Gasteiger partial charge in [0.1, 0.15) is 10.8 Å². The number of aryl methyl sites for hydroxylation is 2. The third-order valence-corrected chi connectivity index (χ3v) is 4.70. The van der Waals surface area contributed by atoms with Crippen molar-refractivity contribution in [2.75, 3.05) is 0 Å². The Balaban J connectivity index is 2.23. The van der Waals surface area contributed by atoms with E-state index in [0.29, 0.717) is 33.0 Å². The number of hydrogen-bond acceptors (Lipinski definition) is 3. The molecule has 4 aromatic rings. The highest BCUT2D eigenvalue weighted by Gasteiger charge is 2.20. The fourth-order valence-corrected chi connectivity index (χ4v) is 3.66. The predicted octanol–water partition coefficient (Wildman–Crippen LogP) is 4.90. The highest BCUT2D eigenvalue weighted by atomic mass is 35.5. The molecule has 0 atom stereocenters. The second-order valence-electron chi connectivity index (χ2n) is 6.58. The molecule has 1 N–H and O–H groups in total. The summed E-state index contributed by atoms with van der Waals surface area (Å²) >= 11 is 6.21. The van der Waals surface area contributed by atoms with Crippen molar-refractivity contribution in [1.82, 2.24) is 15.0 Å². The van der Waals surface area contributed by atoms with Crippen molar-refractivity contribution in [3.05, 3.63) is 80.9 Å². The lowest BCUT2D eigenvalue weighted by atomic mass is 9.93. The molecule has 0 saturated heterocycles. The summed E-state index contributed by atoms with van der Waals surface area (Å²) in [4.78, 5) is 25.0. The third kappa shape index (κ3) is 3.06. The number of pyridine rings is 3. The standard InChI is InChI=1S/C23H16ClN3O/c1-4-17-20(16-10-13(2)25-19(24)12-16)22(15-8-6-5-7-9-15)27-23-21(17)18(28)11-14(3)26-23/h1,5-12H,2-3H3,(H,26,27,28). The topological polar surface area (TPSA) is 58.6 Å². The summed E-state index contributed by atoms with van der Waals surface area (Å²) in [7, 11) is 0. The third-order valence-electron chi connectivity index (χ3n) is 4.51. The lowest BCUT2D eigenvalue weighted by Gasteiger charge is -2.15. The van der Waals surface area contributed by atoms with Crippen LogP contribution in [-0.2, 0) is 0 Å². The van der Waals surface area contributed by atoms with Gasteiger partial charge in [0.15, 0.2) is 5.43 Å². The molecule has 136 valence electrons. The van der Waals surface area contributed by atoms with E-state index in [1.165, 1.54) is 6.07 Å². The molecule has 5 heteroatoms. The van der Waals surface area contributed by atoms with E-state index in [0.717, 1.165) is 22.5 Å². The van der Waals surface area contributed by atoms with E-state index in [1.807, 2.05) is 50.2 Å². The van der Waals surface area contributed by atoms with Gasteiger partial charge in [-0.2, -0.15) is 0 Å². The average molecular weight is 386 g/mol. The molecule has 0 spiro atoms. The summed E-state index contributed by atoms with van der Waals surface area (Å²) < 4.78 is 0. The number of aromatic amines is 1. The summed E-state index contributed by atoms with van der Waals surface area (Å²) in [5, 5.41) is 0.753. The zero-order valence-electron chi connectivity index (χ0n) is 15.4. The quantitative estimate of drug-likeness (QED) is 0.394. The Labute approximate surface area is 167 Å². The Morgan fingerprint density at radius 3 is 2.46 bits per heavy atom. The van der Waals surface area contributed by atoms with E-state index in [2.05, 4.69) is 15.9 Å². The van der Waals surface area contributed by atoms with Crippen LogP contribution >= 0.6 is 11.6 Å². The first-order valence-corrected chi connectivity index (χ1v) is 9.10. The maximum absolute atomic E-state index is 12.8. The number of terminal acetylenes is 1. The van der Waals surface area contributed by atoms with Crippen molar-refractivity contribution < 1.29 is 0 Å². The van der Waals surface area contributed by atoms with Crippen LogP contribution in [0.5, 0.6) is 0 Å². The van der Waals surface area contributed by atoms with E-state index in [-0.39, 0.29) is 5.43 Å². The molecule has 4 rings (SSSR count). The first-order chi connectivity index (χ1) is 13.5. The highest BCUT2D eigenvalue weighted by molar-refractivity contribution is 6.29. The van der Waals surface area contributed by atoms with Gasteiger partial charge in [0.25, 0.3) is 0 Å². The molecule has 0 aliphatic heterocycles. The van der Waals surface area contributed by atoms with Gasteiger partial charge in [-0.1, -0.05) is 47.9 Å². The fraction of sp³-hybridized carbons (Fsp3) is 0.0870. The second kappa shape index (κ2) is 6.95. The Morgan fingerprint density at radius 1 is 1.04 bits per heavy atom. The number of halogens is 1. The van der Waals surface area contributed by atoms with Crippen LogP contribution in [-0.4, -0.2) is 15.0 Å². The normalized spacial score (nSPS) is 10.8. The summed E-state index contributed by atoms with van der Waals surface area (Å²) in [6, 6.07) is 14.9. The molecule has 3 aromatic heterocycles. The van der Waals surface area contributed by atoms with Crippen LogP contribution in [0.4, 0.5) is 0 Å². The molecule has 0 bridgehead atoms. The number of hydrogen-bond donors (Lipinski definition) is 1.